The van der Waals surface area contributed by atoms with Crippen LogP contribution in [-0.2, 0) is 0 Å². The molecule has 60 heavy (non-hydrogen) atoms. The molecule has 0 saturated carbocycles. The van der Waals surface area contributed by atoms with Gasteiger partial charge in [-0.2, -0.15) is 0 Å². The van der Waals surface area contributed by atoms with Crippen LogP contribution in [-0.4, -0.2) is 29.6 Å². The molecule has 0 fully saturated rings. The zero-order valence-electron chi connectivity index (χ0n) is 32.8. The smallest absolute Gasteiger partial charge is 0.250 e. The molecule has 4 heterocycles. The molecule has 0 radical (unpaired) electrons. The molecule has 6 heteroatoms. The van der Waals surface area contributed by atoms with Crippen molar-refractivity contribution in [2.75, 3.05) is 0 Å². The van der Waals surface area contributed by atoms with Gasteiger partial charge in [0.2, 0.25) is 0 Å². The maximum atomic E-state index is 7.61. The van der Waals surface area contributed by atoms with Gasteiger partial charge in [0.15, 0.2) is 16.1 Å². The Labute approximate surface area is 352 Å². The van der Waals surface area contributed by atoms with Crippen LogP contribution < -0.4 is 83.7 Å². The normalized spacial score (nSPS) is 15.9. The summed E-state index contributed by atoms with van der Waals surface area (Å²) in [4.78, 5) is 0. The molecular weight excluding hydrogens is 758 g/mol. The largest absolute Gasteiger partial charge is 0.459 e. The van der Waals surface area contributed by atoms with E-state index in [4.69, 9.17) is 9.47 Å². The number of hydrogen-bond acceptors (Lipinski definition) is 2. The van der Waals surface area contributed by atoms with Gasteiger partial charge in [-0.3, -0.25) is 0 Å². The molecule has 13 rings (SSSR count). The Balaban J connectivity index is 1.12. The van der Waals surface area contributed by atoms with Gasteiger partial charge in [-0.05, 0) is 81.5 Å². The number of hydrogen-bond donors (Lipinski definition) is 0. The van der Waals surface area contributed by atoms with Crippen LogP contribution in [0.2, 0.25) is 0 Å². The fourth-order valence-corrected chi connectivity index (χ4v) is 22.5. The quantitative estimate of drug-likeness (QED) is 0.202. The summed E-state index contributed by atoms with van der Waals surface area (Å²) >= 11 is 0. The van der Waals surface area contributed by atoms with Crippen molar-refractivity contribution in [3.63, 3.8) is 0 Å². The molecule has 0 N–H and O–H groups in total. The monoisotopic (exact) mass is 794 g/mol. The van der Waals surface area contributed by atoms with E-state index in [1.165, 1.54) is 74.3 Å². The molecule has 4 aliphatic rings. The zero-order chi connectivity index (χ0) is 39.4. The third kappa shape index (κ3) is 4.34. The van der Waals surface area contributed by atoms with Gasteiger partial charge in [0.05, 0.1) is 0 Å². The zero-order valence-corrected chi connectivity index (χ0v) is 34.8. The number of fused-ring (bicyclic) bond motifs is 12. The lowest BCUT2D eigenvalue weighted by molar-refractivity contribution is 0.488. The second-order valence-electron chi connectivity index (χ2n) is 16.5. The number of rotatable bonds is 4. The van der Waals surface area contributed by atoms with Gasteiger partial charge in [-0.15, -0.1) is 0 Å². The van der Waals surface area contributed by atoms with E-state index >= 15 is 0 Å². The van der Waals surface area contributed by atoms with Crippen LogP contribution in [0, 0.1) is 0 Å². The molecule has 0 aliphatic carbocycles. The van der Waals surface area contributed by atoms with Crippen molar-refractivity contribution < 1.29 is 9.47 Å². The van der Waals surface area contributed by atoms with E-state index in [0.29, 0.717) is 0 Å². The fraction of sp³-hybridized carbons (Fsp3) is 0. The minimum atomic E-state index is -2.97. The van der Waals surface area contributed by atoms with Crippen molar-refractivity contribution >= 4 is 104 Å². The fourth-order valence-electron chi connectivity index (χ4n) is 11.8. The second kappa shape index (κ2) is 12.8. The first kappa shape index (κ1) is 34.0. The molecule has 278 valence electrons. The Morgan fingerprint density at radius 3 is 1.28 bits per heavy atom. The van der Waals surface area contributed by atoms with Crippen molar-refractivity contribution in [2.45, 2.75) is 0 Å². The molecule has 4 aliphatic heterocycles. The summed E-state index contributed by atoms with van der Waals surface area (Å²) in [5.74, 6) is 3.87. The molecule has 9 aromatic carbocycles. The Kier molecular flexibility index (Phi) is 7.28. The van der Waals surface area contributed by atoms with Crippen LogP contribution in [0.4, 0.5) is 0 Å². The molecule has 9 aromatic rings. The van der Waals surface area contributed by atoms with Crippen molar-refractivity contribution in [1.29, 1.82) is 0 Å². The van der Waals surface area contributed by atoms with Gasteiger partial charge in [0, 0.05) is 0 Å². The van der Waals surface area contributed by atoms with E-state index in [1.807, 2.05) is 0 Å². The van der Waals surface area contributed by atoms with E-state index in [-0.39, 0.29) is 13.4 Å². The van der Waals surface area contributed by atoms with E-state index < -0.39 is 16.1 Å². The minimum absolute atomic E-state index is 0.00959. The van der Waals surface area contributed by atoms with Gasteiger partial charge in [-0.25, -0.2) is 0 Å². The number of benzene rings is 9. The van der Waals surface area contributed by atoms with Gasteiger partial charge in [-0.1, -0.05) is 211 Å². The predicted molar refractivity (Wildman–Crippen MR) is 256 cm³/mol. The predicted octanol–water partition coefficient (Wildman–Crippen LogP) is 2.31. The first-order valence-corrected chi connectivity index (χ1v) is 25.0. The highest BCUT2D eigenvalue weighted by molar-refractivity contribution is 7.31. The Bertz CT molecular complexity index is 3100. The third-order valence-corrected chi connectivity index (χ3v) is 23.7. The molecule has 0 aromatic heterocycles. The molecule has 0 bridgehead atoms. The van der Waals surface area contributed by atoms with Crippen LogP contribution in [0.5, 0.6) is 23.0 Å². The van der Waals surface area contributed by atoms with Crippen molar-refractivity contribution in [1.82, 2.24) is 0 Å². The van der Waals surface area contributed by atoms with Crippen LogP contribution in [0.15, 0.2) is 218 Å². The maximum Gasteiger partial charge on any atom is 0.250 e. The highest BCUT2D eigenvalue weighted by Crippen LogP contribution is 2.30. The van der Waals surface area contributed by atoms with Gasteiger partial charge < -0.3 is 9.47 Å². The second-order valence-corrected chi connectivity index (χ2v) is 24.0. The summed E-state index contributed by atoms with van der Waals surface area (Å²) < 4.78 is 14.4. The van der Waals surface area contributed by atoms with E-state index in [9.17, 15) is 0 Å². The van der Waals surface area contributed by atoms with E-state index in [2.05, 4.69) is 218 Å². The van der Waals surface area contributed by atoms with Crippen LogP contribution >= 0.6 is 0 Å². The maximum absolute atomic E-state index is 7.61. The Morgan fingerprint density at radius 2 is 0.717 bits per heavy atom. The topological polar surface area (TPSA) is 18.5 Å². The van der Waals surface area contributed by atoms with Gasteiger partial charge in [0.1, 0.15) is 23.0 Å². The minimum Gasteiger partial charge on any atom is -0.459 e. The van der Waals surface area contributed by atoms with Crippen molar-refractivity contribution in [2.24, 2.45) is 0 Å². The number of para-hydroxylation sites is 2. The van der Waals surface area contributed by atoms with Crippen LogP contribution in [0.1, 0.15) is 0 Å². The Morgan fingerprint density at radius 1 is 0.317 bits per heavy atom. The van der Waals surface area contributed by atoms with Crippen LogP contribution in [0.3, 0.4) is 0 Å². The first-order chi connectivity index (χ1) is 29.8. The van der Waals surface area contributed by atoms with Crippen LogP contribution in [0.25, 0.3) is 0 Å². The molecular formula is C54H36B2O2Si2. The molecule has 0 saturated heterocycles. The van der Waals surface area contributed by atoms with Crippen molar-refractivity contribution in [3.8, 4) is 23.0 Å². The highest BCUT2D eigenvalue weighted by atomic mass is 28.3. The summed E-state index contributed by atoms with van der Waals surface area (Å²) in [7, 11) is -5.90. The van der Waals surface area contributed by atoms with E-state index in [1.54, 1.807) is 0 Å². The lowest BCUT2D eigenvalue weighted by Crippen LogP contribution is -2.93. The first-order valence-electron chi connectivity index (χ1n) is 21.0. The summed E-state index contributed by atoms with van der Waals surface area (Å²) in [5, 5.41) is 11.0. The lowest BCUT2D eigenvalue weighted by Gasteiger charge is -2.49. The molecule has 1 atom stereocenters. The summed E-state index contributed by atoms with van der Waals surface area (Å²) in [5.41, 5.74) is 7.85. The average Bonchev–Trinajstić information content (AvgIpc) is 3.32. The summed E-state index contributed by atoms with van der Waals surface area (Å²) in [6, 6.07) is 81.7. The summed E-state index contributed by atoms with van der Waals surface area (Å²) in [6.07, 6.45) is 0. The van der Waals surface area contributed by atoms with E-state index in [0.717, 1.165) is 23.0 Å². The van der Waals surface area contributed by atoms with Gasteiger partial charge in [0.25, 0.3) is 13.4 Å². The highest BCUT2D eigenvalue weighted by Gasteiger charge is 2.58. The SMILES string of the molecule is c1ccc([Si](c2ccccc2)(c2ccccc2)c2cccc3c2Oc2cccc4c2B3c2ccccc2[Si]42c3ccccc3B3c4ccccc4Oc4cccc2c43)cc1. The third-order valence-electron chi connectivity index (χ3n) is 13.9. The molecule has 2 nitrogen and oxygen atoms in total. The Hall–Kier alpha value is -6.86. The molecule has 1 spiro atoms. The summed E-state index contributed by atoms with van der Waals surface area (Å²) in [6.45, 7) is 0.0797. The average molecular weight is 795 g/mol. The number of ether oxygens (including phenoxy) is 2. The molecule has 1 unspecified atom stereocenters. The molecule has 0 amide bonds. The van der Waals surface area contributed by atoms with Crippen molar-refractivity contribution in [3.05, 3.63) is 218 Å². The van der Waals surface area contributed by atoms with Gasteiger partial charge >= 0.3 is 0 Å². The standard InChI is InChI=1S/C54H36B2O2Si2/c1-4-19-37(20-5-1)59(38-21-6-2-7-22-38,39-23-8-3-9-24-39)51-36-16-28-43-54(51)58-46-31-18-35-50-53(46)56(43)42-27-12-15-33-48(42)60(50)47-32-14-11-26-41(47)55-40-25-10-13-29-44(40)57-45-30-17-34-49(60)52(45)55/h1-36H. The lowest BCUT2D eigenvalue weighted by atomic mass is 9.35.